The molecule has 0 unspecified atom stereocenters. The van der Waals surface area contributed by atoms with E-state index in [0.717, 1.165) is 56.7 Å². The Labute approximate surface area is 196 Å². The lowest BCUT2D eigenvalue weighted by molar-refractivity contribution is -0.135. The van der Waals surface area contributed by atoms with Crippen LogP contribution >= 0.6 is 11.3 Å². The molecule has 1 saturated heterocycles. The fourth-order valence-electron chi connectivity index (χ4n) is 5.00. The molecular formula is C26H36N4OS. The molecule has 0 N–H and O–H groups in total. The number of amides is 1. The molecule has 0 atom stereocenters. The highest BCUT2D eigenvalue weighted by Crippen LogP contribution is 2.33. The van der Waals surface area contributed by atoms with Crippen LogP contribution < -0.4 is 0 Å². The van der Waals surface area contributed by atoms with E-state index >= 15 is 0 Å². The van der Waals surface area contributed by atoms with Crippen molar-refractivity contribution in [3.05, 3.63) is 40.4 Å². The normalized spacial score (nSPS) is 20.8. The third-order valence-corrected chi connectivity index (χ3v) is 8.56. The van der Waals surface area contributed by atoms with E-state index in [-0.39, 0.29) is 5.41 Å². The van der Waals surface area contributed by atoms with Crippen molar-refractivity contribution in [3.8, 4) is 10.6 Å². The highest BCUT2D eigenvalue weighted by molar-refractivity contribution is 7.15. The highest BCUT2D eigenvalue weighted by atomic mass is 32.1. The number of thiazole rings is 1. The Bertz CT molecular complexity index is 949. The second-order valence-electron chi connectivity index (χ2n) is 10.7. The molecule has 6 heteroatoms. The van der Waals surface area contributed by atoms with Crippen LogP contribution in [0.15, 0.2) is 24.3 Å². The summed E-state index contributed by atoms with van der Waals surface area (Å²) < 4.78 is 0. The minimum absolute atomic E-state index is 0.164. The van der Waals surface area contributed by atoms with E-state index in [0.29, 0.717) is 12.5 Å². The van der Waals surface area contributed by atoms with Crippen LogP contribution in [0.3, 0.4) is 0 Å². The van der Waals surface area contributed by atoms with Crippen LogP contribution in [0, 0.1) is 0 Å². The molecule has 2 fully saturated rings. The van der Waals surface area contributed by atoms with Gasteiger partial charge in [0.05, 0.1) is 12.2 Å². The second kappa shape index (κ2) is 8.88. The summed E-state index contributed by atoms with van der Waals surface area (Å²) in [6.07, 6.45) is 5.01. The number of benzene rings is 1. The Kier molecular flexibility index (Phi) is 6.12. The van der Waals surface area contributed by atoms with Crippen LogP contribution in [0.5, 0.6) is 0 Å². The molecule has 3 aliphatic rings. The van der Waals surface area contributed by atoms with Gasteiger partial charge in [0.25, 0.3) is 0 Å². The Morgan fingerprint density at radius 1 is 1.06 bits per heavy atom. The lowest BCUT2D eigenvalue weighted by atomic mass is 9.87. The van der Waals surface area contributed by atoms with Crippen molar-refractivity contribution in [3.63, 3.8) is 0 Å². The van der Waals surface area contributed by atoms with E-state index in [1.165, 1.54) is 41.0 Å². The maximum Gasteiger partial charge on any atom is 0.236 e. The number of hydrogen-bond donors (Lipinski definition) is 0. The molecule has 1 saturated carbocycles. The van der Waals surface area contributed by atoms with Gasteiger partial charge in [-0.15, -0.1) is 11.3 Å². The van der Waals surface area contributed by atoms with Gasteiger partial charge in [0.1, 0.15) is 5.01 Å². The average Bonchev–Trinajstić information content (AvgIpc) is 3.16. The lowest BCUT2D eigenvalue weighted by Crippen LogP contribution is -2.55. The number of hydrogen-bond acceptors (Lipinski definition) is 5. The number of aromatic nitrogens is 1. The molecule has 0 spiro atoms. The number of carbonyl (C=O) groups is 1. The van der Waals surface area contributed by atoms with Crippen molar-refractivity contribution in [2.24, 2.45) is 0 Å². The quantitative estimate of drug-likeness (QED) is 0.698. The minimum atomic E-state index is 0.164. The zero-order valence-corrected chi connectivity index (χ0v) is 20.6. The molecule has 1 aromatic heterocycles. The van der Waals surface area contributed by atoms with Gasteiger partial charge in [-0.25, -0.2) is 4.98 Å². The molecular weight excluding hydrogens is 416 g/mol. The van der Waals surface area contributed by atoms with Crippen molar-refractivity contribution in [1.82, 2.24) is 19.7 Å². The van der Waals surface area contributed by atoms with Crippen molar-refractivity contribution in [2.45, 2.75) is 64.5 Å². The van der Waals surface area contributed by atoms with Gasteiger partial charge >= 0.3 is 0 Å². The van der Waals surface area contributed by atoms with Gasteiger partial charge in [-0.2, -0.15) is 0 Å². The maximum atomic E-state index is 12.9. The van der Waals surface area contributed by atoms with E-state index in [1.807, 2.05) is 0 Å². The zero-order valence-electron chi connectivity index (χ0n) is 19.8. The molecule has 5 nitrogen and oxygen atoms in total. The number of nitrogens with zero attached hydrogens (tertiary/aromatic N) is 4. The van der Waals surface area contributed by atoms with Crippen LogP contribution in [-0.4, -0.2) is 70.9 Å². The first kappa shape index (κ1) is 22.1. The average molecular weight is 453 g/mol. The summed E-state index contributed by atoms with van der Waals surface area (Å²) in [7, 11) is 0. The molecule has 1 aromatic carbocycles. The Hall–Kier alpha value is -1.76. The number of fused-ring (bicyclic) bond motifs is 1. The monoisotopic (exact) mass is 452 g/mol. The molecule has 32 heavy (non-hydrogen) atoms. The molecule has 3 heterocycles. The van der Waals surface area contributed by atoms with Gasteiger partial charge < -0.3 is 4.90 Å². The lowest BCUT2D eigenvalue weighted by Gasteiger charge is -2.43. The van der Waals surface area contributed by atoms with E-state index in [4.69, 9.17) is 4.98 Å². The van der Waals surface area contributed by atoms with Crippen LogP contribution in [0.2, 0.25) is 0 Å². The predicted molar refractivity (Wildman–Crippen MR) is 131 cm³/mol. The fraction of sp³-hybridized carbons (Fsp3) is 0.615. The molecule has 2 aromatic rings. The second-order valence-corrected chi connectivity index (χ2v) is 11.8. The topological polar surface area (TPSA) is 39.7 Å². The predicted octanol–water partition coefficient (Wildman–Crippen LogP) is 4.16. The first-order chi connectivity index (χ1) is 15.4. The van der Waals surface area contributed by atoms with Crippen molar-refractivity contribution in [2.75, 3.05) is 39.3 Å². The molecule has 0 radical (unpaired) electrons. The third kappa shape index (κ3) is 4.63. The minimum Gasteiger partial charge on any atom is -0.339 e. The van der Waals surface area contributed by atoms with Gasteiger partial charge in [0, 0.05) is 62.2 Å². The number of carbonyl (C=O) groups excluding carboxylic acids is 1. The van der Waals surface area contributed by atoms with Crippen molar-refractivity contribution < 1.29 is 4.79 Å². The van der Waals surface area contributed by atoms with E-state index in [2.05, 4.69) is 59.7 Å². The summed E-state index contributed by atoms with van der Waals surface area (Å²) in [5, 5.41) is 1.11. The smallest absolute Gasteiger partial charge is 0.236 e. The van der Waals surface area contributed by atoms with Gasteiger partial charge in [-0.05, 0) is 23.8 Å². The highest BCUT2D eigenvalue weighted by Gasteiger charge is 2.30. The van der Waals surface area contributed by atoms with Crippen LogP contribution in [-0.2, 0) is 23.2 Å². The van der Waals surface area contributed by atoms with Crippen LogP contribution in [0.1, 0.15) is 56.2 Å². The largest absolute Gasteiger partial charge is 0.339 e. The molecule has 1 amide bonds. The SMILES string of the molecule is CC(C)(C)c1ccc(-c2nc3c(s2)CN(CC(=O)N2CCN(C4CCC4)CC2)CC3)cc1. The summed E-state index contributed by atoms with van der Waals surface area (Å²) in [5.41, 5.74) is 3.94. The maximum absolute atomic E-state index is 12.9. The Morgan fingerprint density at radius 2 is 1.78 bits per heavy atom. The molecule has 172 valence electrons. The zero-order chi connectivity index (χ0) is 22.3. The van der Waals surface area contributed by atoms with Crippen LogP contribution in [0.4, 0.5) is 0 Å². The summed E-state index contributed by atoms with van der Waals surface area (Å²) in [5.74, 6) is 0.296. The summed E-state index contributed by atoms with van der Waals surface area (Å²) >= 11 is 1.80. The Balaban J connectivity index is 1.17. The summed E-state index contributed by atoms with van der Waals surface area (Å²) in [6, 6.07) is 9.65. The number of rotatable bonds is 4. The Morgan fingerprint density at radius 3 is 2.41 bits per heavy atom. The first-order valence-corrected chi connectivity index (χ1v) is 13.0. The van der Waals surface area contributed by atoms with Gasteiger partial charge in [0.15, 0.2) is 0 Å². The van der Waals surface area contributed by atoms with E-state index < -0.39 is 0 Å². The fourth-order valence-corrected chi connectivity index (χ4v) is 6.16. The van der Waals surface area contributed by atoms with E-state index in [1.54, 1.807) is 11.3 Å². The van der Waals surface area contributed by atoms with Crippen LogP contribution in [0.25, 0.3) is 10.6 Å². The summed E-state index contributed by atoms with van der Waals surface area (Å²) in [4.78, 5) is 26.2. The molecule has 1 aliphatic carbocycles. The third-order valence-electron chi connectivity index (χ3n) is 7.43. The van der Waals surface area contributed by atoms with Crippen molar-refractivity contribution in [1.29, 1.82) is 0 Å². The van der Waals surface area contributed by atoms with Gasteiger partial charge in [-0.1, -0.05) is 51.5 Å². The van der Waals surface area contributed by atoms with Gasteiger partial charge in [0.2, 0.25) is 5.91 Å². The van der Waals surface area contributed by atoms with Crippen molar-refractivity contribution >= 4 is 17.2 Å². The molecule has 0 bridgehead atoms. The summed E-state index contributed by atoms with van der Waals surface area (Å²) in [6.45, 7) is 12.9. The molecule has 2 aliphatic heterocycles. The first-order valence-electron chi connectivity index (χ1n) is 12.2. The number of piperazine rings is 1. The van der Waals surface area contributed by atoms with E-state index in [9.17, 15) is 4.79 Å². The molecule has 5 rings (SSSR count). The van der Waals surface area contributed by atoms with Gasteiger partial charge in [-0.3, -0.25) is 14.6 Å². The standard InChI is InChI=1S/C26H36N4OS/c1-26(2,3)20-9-7-19(8-10-20)25-27-22-11-12-28(17-23(22)32-25)18-24(31)30-15-13-29(14-16-30)21-5-4-6-21/h7-10,21H,4-6,11-18H2,1-3H3.